The predicted molar refractivity (Wildman–Crippen MR) is 160 cm³/mol. The number of aromatic nitrogens is 1. The van der Waals surface area contributed by atoms with E-state index < -0.39 is 7.12 Å². The molecular formula is C33H32BN3O2. The molecule has 0 saturated carbocycles. The van der Waals surface area contributed by atoms with E-state index in [9.17, 15) is 10.0 Å². The Labute approximate surface area is 230 Å². The fourth-order valence-electron chi connectivity index (χ4n) is 4.65. The molecule has 0 amide bonds. The molecule has 0 aliphatic carbocycles. The van der Waals surface area contributed by atoms with Crippen LogP contribution in [0, 0.1) is 0 Å². The lowest BCUT2D eigenvalue weighted by Crippen LogP contribution is -2.34. The van der Waals surface area contributed by atoms with Crippen LogP contribution in [0.2, 0.25) is 0 Å². The van der Waals surface area contributed by atoms with Crippen LogP contribution in [0.25, 0.3) is 0 Å². The van der Waals surface area contributed by atoms with Crippen LogP contribution in [0.15, 0.2) is 133 Å². The second-order valence-corrected chi connectivity index (χ2v) is 9.65. The van der Waals surface area contributed by atoms with Crippen molar-refractivity contribution in [3.05, 3.63) is 156 Å². The van der Waals surface area contributed by atoms with E-state index in [1.807, 2.05) is 72.8 Å². The summed E-state index contributed by atoms with van der Waals surface area (Å²) in [5.74, 6) is 1.38. The van der Waals surface area contributed by atoms with Crippen LogP contribution in [0.3, 0.4) is 0 Å². The van der Waals surface area contributed by atoms with Gasteiger partial charge in [0.15, 0.2) is 0 Å². The quantitative estimate of drug-likeness (QED) is 0.239. The summed E-state index contributed by atoms with van der Waals surface area (Å²) < 4.78 is 0. The zero-order valence-corrected chi connectivity index (χ0v) is 21.8. The fraction of sp³-hybridized carbons (Fsp3) is 0.121. The average molecular weight is 513 g/mol. The third-order valence-electron chi connectivity index (χ3n) is 6.63. The molecule has 0 radical (unpaired) electrons. The monoisotopic (exact) mass is 513 g/mol. The molecule has 39 heavy (non-hydrogen) atoms. The molecule has 2 N–H and O–H groups in total. The second-order valence-electron chi connectivity index (χ2n) is 9.65. The van der Waals surface area contributed by atoms with Crippen molar-refractivity contribution in [2.75, 3.05) is 9.80 Å². The lowest BCUT2D eigenvalue weighted by atomic mass is 9.80. The third kappa shape index (κ3) is 7.35. The van der Waals surface area contributed by atoms with Gasteiger partial charge in [-0.25, -0.2) is 4.98 Å². The number of rotatable bonds is 11. The van der Waals surface area contributed by atoms with E-state index in [4.69, 9.17) is 4.98 Å². The maximum absolute atomic E-state index is 10.3. The molecule has 0 unspecified atom stereocenters. The SMILES string of the molecule is OB(O)c1cc(N(Cc2ccccc2)Cc2ccccc2)nc(N(Cc2ccccc2)Cc2ccccc2)c1. The molecular weight excluding hydrogens is 481 g/mol. The smallest absolute Gasteiger partial charge is 0.423 e. The van der Waals surface area contributed by atoms with Gasteiger partial charge in [-0.3, -0.25) is 0 Å². The highest BCUT2D eigenvalue weighted by molar-refractivity contribution is 6.58. The number of hydrogen-bond acceptors (Lipinski definition) is 5. The van der Waals surface area contributed by atoms with Gasteiger partial charge in [0.25, 0.3) is 0 Å². The molecule has 0 fully saturated rings. The van der Waals surface area contributed by atoms with Gasteiger partial charge in [0.2, 0.25) is 0 Å². The van der Waals surface area contributed by atoms with E-state index >= 15 is 0 Å². The molecule has 194 valence electrons. The molecule has 1 heterocycles. The first-order valence-electron chi connectivity index (χ1n) is 13.2. The Kier molecular flexibility index (Phi) is 8.69. The number of hydrogen-bond donors (Lipinski definition) is 2. The molecule has 0 atom stereocenters. The second kappa shape index (κ2) is 12.9. The van der Waals surface area contributed by atoms with Crippen LogP contribution in [-0.2, 0) is 26.2 Å². The molecule has 0 aliphatic rings. The molecule has 0 bridgehead atoms. The van der Waals surface area contributed by atoms with Gasteiger partial charge in [-0.05, 0) is 39.8 Å². The van der Waals surface area contributed by atoms with Crippen LogP contribution in [0.1, 0.15) is 22.3 Å². The van der Waals surface area contributed by atoms with Crippen molar-refractivity contribution in [3.8, 4) is 0 Å². The first-order chi connectivity index (χ1) is 19.1. The van der Waals surface area contributed by atoms with Crippen molar-refractivity contribution in [3.63, 3.8) is 0 Å². The van der Waals surface area contributed by atoms with Gasteiger partial charge in [-0.15, -0.1) is 0 Å². The predicted octanol–water partition coefficient (Wildman–Crippen LogP) is 5.18. The van der Waals surface area contributed by atoms with Gasteiger partial charge in [-0.1, -0.05) is 121 Å². The summed E-state index contributed by atoms with van der Waals surface area (Å²) in [6.45, 7) is 2.52. The Bertz CT molecular complexity index is 1250. The minimum atomic E-state index is -1.61. The van der Waals surface area contributed by atoms with Gasteiger partial charge < -0.3 is 19.8 Å². The maximum Gasteiger partial charge on any atom is 0.488 e. The Morgan fingerprint density at radius 2 is 0.744 bits per heavy atom. The Morgan fingerprint density at radius 3 is 1.00 bits per heavy atom. The van der Waals surface area contributed by atoms with Gasteiger partial charge in [0, 0.05) is 26.2 Å². The first-order valence-corrected chi connectivity index (χ1v) is 13.2. The lowest BCUT2D eigenvalue weighted by molar-refractivity contribution is 0.425. The van der Waals surface area contributed by atoms with Crippen molar-refractivity contribution in [1.29, 1.82) is 0 Å². The van der Waals surface area contributed by atoms with Crippen molar-refractivity contribution >= 4 is 24.2 Å². The van der Waals surface area contributed by atoms with E-state index in [-0.39, 0.29) is 0 Å². The number of pyridine rings is 1. The van der Waals surface area contributed by atoms with E-state index in [1.165, 1.54) is 0 Å². The highest BCUT2D eigenvalue weighted by Crippen LogP contribution is 2.24. The zero-order chi connectivity index (χ0) is 26.9. The summed E-state index contributed by atoms with van der Waals surface area (Å²) in [5.41, 5.74) is 5.01. The standard InChI is InChI=1S/C33H32BN3O2/c38-34(39)31-21-32(36(23-27-13-5-1-6-14-27)24-28-15-7-2-8-16-28)35-33(22-31)37(25-29-17-9-3-10-18-29)26-30-19-11-4-12-20-30/h1-22,38-39H,23-26H2. The largest absolute Gasteiger partial charge is 0.488 e. The van der Waals surface area contributed by atoms with Crippen molar-refractivity contribution in [2.45, 2.75) is 26.2 Å². The van der Waals surface area contributed by atoms with Crippen molar-refractivity contribution in [1.82, 2.24) is 4.98 Å². The number of benzene rings is 4. The third-order valence-corrected chi connectivity index (χ3v) is 6.63. The van der Waals surface area contributed by atoms with Crippen LogP contribution < -0.4 is 15.3 Å². The highest BCUT2D eigenvalue weighted by Gasteiger charge is 2.21. The zero-order valence-electron chi connectivity index (χ0n) is 21.8. The van der Waals surface area contributed by atoms with Crippen LogP contribution in [0.5, 0.6) is 0 Å². The molecule has 0 spiro atoms. The molecule has 1 aromatic heterocycles. The first kappa shape index (κ1) is 26.2. The molecule has 0 aliphatic heterocycles. The Morgan fingerprint density at radius 1 is 0.462 bits per heavy atom. The molecule has 5 nitrogen and oxygen atoms in total. The topological polar surface area (TPSA) is 59.8 Å². The van der Waals surface area contributed by atoms with Gasteiger partial charge in [0.1, 0.15) is 11.6 Å². The minimum absolute atomic E-state index is 0.409. The summed E-state index contributed by atoms with van der Waals surface area (Å²) in [4.78, 5) is 9.50. The average Bonchev–Trinajstić information content (AvgIpc) is 2.98. The Hall–Kier alpha value is -4.39. The van der Waals surface area contributed by atoms with E-state index in [1.54, 1.807) is 12.1 Å². The number of nitrogens with zero attached hydrogens (tertiary/aromatic N) is 3. The summed E-state index contributed by atoms with van der Waals surface area (Å²) in [6.07, 6.45) is 0. The molecule has 0 saturated heterocycles. The van der Waals surface area contributed by atoms with Crippen molar-refractivity contribution in [2.24, 2.45) is 0 Å². The lowest BCUT2D eigenvalue weighted by Gasteiger charge is -2.29. The summed E-state index contributed by atoms with van der Waals surface area (Å²) in [6, 6.07) is 44.6. The molecule has 5 rings (SSSR count). The minimum Gasteiger partial charge on any atom is -0.423 e. The van der Waals surface area contributed by atoms with Gasteiger partial charge in [0.05, 0.1) is 0 Å². The van der Waals surface area contributed by atoms with Crippen molar-refractivity contribution < 1.29 is 10.0 Å². The molecule has 4 aromatic carbocycles. The summed E-state index contributed by atoms with van der Waals surface area (Å²) >= 11 is 0. The molecule has 6 heteroatoms. The van der Waals surface area contributed by atoms with E-state index in [0.717, 1.165) is 22.3 Å². The highest BCUT2D eigenvalue weighted by atomic mass is 16.4. The fourth-order valence-corrected chi connectivity index (χ4v) is 4.65. The number of anilines is 2. The molecule has 5 aromatic rings. The van der Waals surface area contributed by atoms with E-state index in [0.29, 0.717) is 43.3 Å². The maximum atomic E-state index is 10.3. The van der Waals surface area contributed by atoms with Gasteiger partial charge in [-0.2, -0.15) is 0 Å². The normalized spacial score (nSPS) is 10.7. The summed E-state index contributed by atoms with van der Waals surface area (Å²) in [7, 11) is -1.61. The van der Waals surface area contributed by atoms with E-state index in [2.05, 4.69) is 58.3 Å². The van der Waals surface area contributed by atoms with Gasteiger partial charge >= 0.3 is 7.12 Å². The van der Waals surface area contributed by atoms with Crippen LogP contribution >= 0.6 is 0 Å². The van der Waals surface area contributed by atoms with Crippen LogP contribution in [0.4, 0.5) is 11.6 Å². The Balaban J connectivity index is 1.56. The van der Waals surface area contributed by atoms with Crippen LogP contribution in [-0.4, -0.2) is 22.2 Å². The summed E-state index contributed by atoms with van der Waals surface area (Å²) in [5, 5.41) is 20.6.